The largest absolute Gasteiger partial charge is 0.271 e. The molecule has 1 amide bonds. The molecule has 0 spiro atoms. The minimum atomic E-state index is -3.61. The van der Waals surface area contributed by atoms with E-state index in [1.54, 1.807) is 18.2 Å². The van der Waals surface area contributed by atoms with E-state index in [1.165, 1.54) is 5.56 Å². The summed E-state index contributed by atoms with van der Waals surface area (Å²) in [5.74, 6) is -0.492. The molecule has 0 saturated carbocycles. The fraction of sp³-hybridized carbons (Fsp3) is 0.364. The second-order valence-electron chi connectivity index (χ2n) is 7.92. The van der Waals surface area contributed by atoms with Crippen molar-refractivity contribution in [1.29, 1.82) is 0 Å². The number of rotatable bonds is 8. The Morgan fingerprint density at radius 1 is 1.10 bits per heavy atom. The van der Waals surface area contributed by atoms with Gasteiger partial charge in [0.15, 0.2) is 0 Å². The molecule has 0 aliphatic heterocycles. The molecule has 0 saturated heterocycles. The second kappa shape index (κ2) is 9.22. The number of hydrogen-bond acceptors (Lipinski definition) is 4. The Morgan fingerprint density at radius 3 is 2.34 bits per heavy atom. The molecule has 0 aliphatic carbocycles. The monoisotopic (exact) mass is 415 g/mol. The number of nitrogens with one attached hydrogen (secondary N) is 1. The molecule has 156 valence electrons. The normalized spacial score (nSPS) is 12.5. The van der Waals surface area contributed by atoms with Gasteiger partial charge in [0.2, 0.25) is 10.0 Å². The van der Waals surface area contributed by atoms with Gasteiger partial charge in [0.25, 0.3) is 5.91 Å². The molecular weight excluding hydrogens is 386 g/mol. The Bertz CT molecular complexity index is 983. The highest BCUT2D eigenvalue weighted by Gasteiger charge is 2.23. The van der Waals surface area contributed by atoms with Crippen LogP contribution in [0, 0.1) is 6.92 Å². The Kier molecular flexibility index (Phi) is 7.19. The molecule has 0 unspecified atom stereocenters. The van der Waals surface area contributed by atoms with Gasteiger partial charge in [-0.05, 0) is 48.9 Å². The number of hydrazone groups is 1. The number of benzene rings is 2. The molecule has 0 aliphatic rings. The van der Waals surface area contributed by atoms with E-state index in [-0.39, 0.29) is 12.0 Å². The van der Waals surface area contributed by atoms with Crippen LogP contribution in [0.1, 0.15) is 38.3 Å². The summed E-state index contributed by atoms with van der Waals surface area (Å²) in [6, 6.07) is 17.1. The van der Waals surface area contributed by atoms with Crippen LogP contribution in [0.5, 0.6) is 0 Å². The Labute approximate surface area is 173 Å². The van der Waals surface area contributed by atoms with Gasteiger partial charge in [-0.1, -0.05) is 56.3 Å². The Hall–Kier alpha value is -2.67. The molecule has 0 fully saturated rings. The van der Waals surface area contributed by atoms with Gasteiger partial charge in [0, 0.05) is 5.71 Å². The number of aryl methyl sites for hydroxylation is 1. The number of sulfonamides is 1. The van der Waals surface area contributed by atoms with E-state index in [1.807, 2.05) is 38.1 Å². The molecule has 0 radical (unpaired) electrons. The highest BCUT2D eigenvalue weighted by Crippen LogP contribution is 2.27. The quantitative estimate of drug-likeness (QED) is 0.528. The summed E-state index contributed by atoms with van der Waals surface area (Å²) in [6.45, 7) is 7.62. The molecule has 2 aromatic rings. The van der Waals surface area contributed by atoms with E-state index in [4.69, 9.17) is 0 Å². The highest BCUT2D eigenvalue weighted by molar-refractivity contribution is 7.92. The second-order valence-corrected chi connectivity index (χ2v) is 9.82. The zero-order chi connectivity index (χ0) is 21.7. The predicted molar refractivity (Wildman–Crippen MR) is 119 cm³/mol. The molecule has 6 nitrogen and oxygen atoms in total. The third-order valence-electron chi connectivity index (χ3n) is 4.60. The lowest BCUT2D eigenvalue weighted by Gasteiger charge is -2.25. The standard InChI is InChI=1S/C22H29N3O3S/c1-17-10-9-13-20(14-17)25(29(5,27)28)16-21(26)24-23-18(2)15-22(3,4)19-11-7-6-8-12-19/h6-14H,15-16H2,1-5H3,(H,24,26)/b23-18-. The number of nitrogens with zero attached hydrogens (tertiary/aromatic N) is 2. The minimum Gasteiger partial charge on any atom is -0.271 e. The van der Waals surface area contributed by atoms with E-state index >= 15 is 0 Å². The molecule has 2 aromatic carbocycles. The van der Waals surface area contributed by atoms with Crippen LogP contribution in [-0.2, 0) is 20.2 Å². The summed E-state index contributed by atoms with van der Waals surface area (Å²) >= 11 is 0. The summed E-state index contributed by atoms with van der Waals surface area (Å²) in [6.07, 6.45) is 1.74. The Balaban J connectivity index is 2.06. The molecule has 0 heterocycles. The lowest BCUT2D eigenvalue weighted by atomic mass is 9.80. The van der Waals surface area contributed by atoms with Crippen molar-refractivity contribution >= 4 is 27.3 Å². The Morgan fingerprint density at radius 2 is 1.76 bits per heavy atom. The van der Waals surface area contributed by atoms with E-state index in [0.717, 1.165) is 21.8 Å². The maximum absolute atomic E-state index is 12.4. The van der Waals surface area contributed by atoms with Crippen LogP contribution in [0.4, 0.5) is 5.69 Å². The zero-order valence-electron chi connectivity index (χ0n) is 17.6. The third kappa shape index (κ3) is 6.71. The maximum Gasteiger partial charge on any atom is 0.260 e. The summed E-state index contributed by atoms with van der Waals surface area (Å²) in [5, 5.41) is 4.18. The van der Waals surface area contributed by atoms with E-state index in [9.17, 15) is 13.2 Å². The minimum absolute atomic E-state index is 0.139. The fourth-order valence-electron chi connectivity index (χ4n) is 3.18. The van der Waals surface area contributed by atoms with Crippen LogP contribution in [0.3, 0.4) is 0 Å². The van der Waals surface area contributed by atoms with Crippen LogP contribution in [0.15, 0.2) is 59.7 Å². The van der Waals surface area contributed by atoms with Gasteiger partial charge in [0.05, 0.1) is 11.9 Å². The van der Waals surface area contributed by atoms with Crippen molar-refractivity contribution in [2.24, 2.45) is 5.10 Å². The molecule has 0 aromatic heterocycles. The van der Waals surface area contributed by atoms with Crippen LogP contribution in [0.25, 0.3) is 0 Å². The molecule has 0 bridgehead atoms. The number of amides is 1. The maximum atomic E-state index is 12.4. The summed E-state index contributed by atoms with van der Waals surface area (Å²) in [7, 11) is -3.61. The molecule has 7 heteroatoms. The van der Waals surface area contributed by atoms with E-state index in [2.05, 4.69) is 36.5 Å². The highest BCUT2D eigenvalue weighted by atomic mass is 32.2. The first kappa shape index (κ1) is 22.6. The van der Waals surface area contributed by atoms with Crippen LogP contribution in [-0.4, -0.2) is 32.8 Å². The van der Waals surface area contributed by atoms with E-state index < -0.39 is 15.9 Å². The lowest BCUT2D eigenvalue weighted by molar-refractivity contribution is -0.119. The molecular formula is C22H29N3O3S. The number of anilines is 1. The van der Waals surface area contributed by atoms with Gasteiger partial charge in [-0.3, -0.25) is 9.10 Å². The van der Waals surface area contributed by atoms with Crippen molar-refractivity contribution in [3.8, 4) is 0 Å². The molecule has 1 N–H and O–H groups in total. The topological polar surface area (TPSA) is 78.8 Å². The fourth-order valence-corrected chi connectivity index (χ4v) is 4.03. The smallest absolute Gasteiger partial charge is 0.260 e. The molecule has 0 atom stereocenters. The van der Waals surface area contributed by atoms with Gasteiger partial charge in [-0.2, -0.15) is 5.10 Å². The van der Waals surface area contributed by atoms with Crippen molar-refractivity contribution in [1.82, 2.24) is 5.43 Å². The predicted octanol–water partition coefficient (Wildman–Crippen LogP) is 3.62. The van der Waals surface area contributed by atoms with Crippen LogP contribution in [0.2, 0.25) is 0 Å². The summed E-state index contributed by atoms with van der Waals surface area (Å²) in [5.41, 5.74) is 5.65. The van der Waals surface area contributed by atoms with Gasteiger partial charge in [-0.25, -0.2) is 13.8 Å². The summed E-state index contributed by atoms with van der Waals surface area (Å²) in [4.78, 5) is 12.4. The van der Waals surface area contributed by atoms with Gasteiger partial charge < -0.3 is 0 Å². The average molecular weight is 416 g/mol. The van der Waals surface area contributed by atoms with Gasteiger partial charge >= 0.3 is 0 Å². The van der Waals surface area contributed by atoms with Crippen molar-refractivity contribution in [2.45, 2.75) is 39.5 Å². The first-order valence-corrected chi connectivity index (χ1v) is 11.3. The van der Waals surface area contributed by atoms with Crippen molar-refractivity contribution in [3.05, 3.63) is 65.7 Å². The number of carbonyl (C=O) groups excluding carboxylic acids is 1. The third-order valence-corrected chi connectivity index (χ3v) is 5.74. The first-order chi connectivity index (χ1) is 13.5. The molecule has 2 rings (SSSR count). The van der Waals surface area contributed by atoms with Gasteiger partial charge in [0.1, 0.15) is 6.54 Å². The average Bonchev–Trinajstić information content (AvgIpc) is 2.64. The zero-order valence-corrected chi connectivity index (χ0v) is 18.5. The van der Waals surface area contributed by atoms with Crippen LogP contribution < -0.4 is 9.73 Å². The lowest BCUT2D eigenvalue weighted by Crippen LogP contribution is -2.39. The van der Waals surface area contributed by atoms with Crippen LogP contribution >= 0.6 is 0 Å². The number of carbonyl (C=O) groups is 1. The van der Waals surface area contributed by atoms with E-state index in [0.29, 0.717) is 12.1 Å². The van der Waals surface area contributed by atoms with Crippen molar-refractivity contribution < 1.29 is 13.2 Å². The number of hydrogen-bond donors (Lipinski definition) is 1. The van der Waals surface area contributed by atoms with Crippen molar-refractivity contribution in [2.75, 3.05) is 17.1 Å². The molecule has 29 heavy (non-hydrogen) atoms. The first-order valence-electron chi connectivity index (χ1n) is 9.41. The van der Waals surface area contributed by atoms with Gasteiger partial charge in [-0.15, -0.1) is 0 Å². The van der Waals surface area contributed by atoms with Crippen molar-refractivity contribution in [3.63, 3.8) is 0 Å². The summed E-state index contributed by atoms with van der Waals surface area (Å²) < 4.78 is 25.4. The SMILES string of the molecule is C/C(CC(C)(C)c1ccccc1)=N/NC(=O)CN(c1cccc(C)c1)S(C)(=O)=O.